The van der Waals surface area contributed by atoms with Crippen molar-refractivity contribution in [1.29, 1.82) is 0 Å². The second kappa shape index (κ2) is 6.25. The number of anilines is 1. The predicted molar refractivity (Wildman–Crippen MR) is 94.3 cm³/mol. The van der Waals surface area contributed by atoms with Crippen LogP contribution in [-0.2, 0) is 0 Å². The number of piperazine rings is 1. The maximum Gasteiger partial charge on any atom is 0.120 e. The van der Waals surface area contributed by atoms with E-state index in [9.17, 15) is 0 Å². The quantitative estimate of drug-likeness (QED) is 0.877. The van der Waals surface area contributed by atoms with E-state index in [1.165, 1.54) is 10.4 Å². The fourth-order valence-corrected chi connectivity index (χ4v) is 4.21. The van der Waals surface area contributed by atoms with Crippen molar-refractivity contribution in [2.45, 2.75) is 19.4 Å². The van der Waals surface area contributed by atoms with E-state index in [4.69, 9.17) is 18.0 Å². The van der Waals surface area contributed by atoms with Gasteiger partial charge in [0.25, 0.3) is 0 Å². The van der Waals surface area contributed by atoms with Gasteiger partial charge >= 0.3 is 0 Å². The van der Waals surface area contributed by atoms with Crippen molar-refractivity contribution in [2.75, 3.05) is 31.1 Å². The molecule has 1 aliphatic heterocycles. The van der Waals surface area contributed by atoms with Gasteiger partial charge in [-0.2, -0.15) is 4.37 Å². The summed E-state index contributed by atoms with van der Waals surface area (Å²) in [4.78, 5) is 5.46. The summed E-state index contributed by atoms with van der Waals surface area (Å²) in [7, 11) is 0. The summed E-state index contributed by atoms with van der Waals surface area (Å²) >= 11 is 6.78. The highest BCUT2D eigenvalue weighted by Gasteiger charge is 2.25. The van der Waals surface area contributed by atoms with Crippen molar-refractivity contribution < 1.29 is 0 Å². The first-order valence-electron chi connectivity index (χ1n) is 7.33. The van der Waals surface area contributed by atoms with Gasteiger partial charge < -0.3 is 10.6 Å². The molecule has 21 heavy (non-hydrogen) atoms. The van der Waals surface area contributed by atoms with Crippen LogP contribution < -0.4 is 10.6 Å². The zero-order valence-electron chi connectivity index (χ0n) is 12.2. The van der Waals surface area contributed by atoms with Crippen molar-refractivity contribution in [1.82, 2.24) is 9.27 Å². The monoisotopic (exact) mass is 320 g/mol. The minimum Gasteiger partial charge on any atom is -0.392 e. The van der Waals surface area contributed by atoms with Crippen molar-refractivity contribution in [3.8, 4) is 0 Å². The number of aromatic nitrogens is 1. The zero-order chi connectivity index (χ0) is 14.8. The van der Waals surface area contributed by atoms with Gasteiger partial charge in [-0.15, -0.1) is 0 Å². The third-order valence-electron chi connectivity index (χ3n) is 4.12. The van der Waals surface area contributed by atoms with Gasteiger partial charge in [0.1, 0.15) is 5.00 Å². The largest absolute Gasteiger partial charge is 0.392 e. The predicted octanol–water partition coefficient (Wildman–Crippen LogP) is 2.48. The molecule has 0 aliphatic carbocycles. The van der Waals surface area contributed by atoms with Crippen molar-refractivity contribution >= 4 is 44.6 Å². The van der Waals surface area contributed by atoms with Crippen LogP contribution in [0, 0.1) is 0 Å². The Labute approximate surface area is 134 Å². The highest BCUT2D eigenvalue weighted by Crippen LogP contribution is 2.31. The second-order valence-electron chi connectivity index (χ2n) is 5.35. The Kier molecular flexibility index (Phi) is 4.37. The van der Waals surface area contributed by atoms with Gasteiger partial charge in [0.2, 0.25) is 0 Å². The van der Waals surface area contributed by atoms with E-state index < -0.39 is 0 Å². The summed E-state index contributed by atoms with van der Waals surface area (Å²) < 4.78 is 4.54. The first-order valence-corrected chi connectivity index (χ1v) is 8.51. The molecule has 0 bridgehead atoms. The lowest BCUT2D eigenvalue weighted by atomic mass is 10.1. The number of rotatable bonds is 4. The minimum atomic E-state index is 0.236. The molecule has 1 fully saturated rings. The number of hydrogen-bond donors (Lipinski definition) is 1. The van der Waals surface area contributed by atoms with Crippen LogP contribution >= 0.6 is 23.8 Å². The van der Waals surface area contributed by atoms with E-state index in [2.05, 4.69) is 39.3 Å². The molecule has 1 aliphatic rings. The lowest BCUT2D eigenvalue weighted by Crippen LogP contribution is -2.53. The van der Waals surface area contributed by atoms with Crippen LogP contribution in [0.3, 0.4) is 0 Å². The van der Waals surface area contributed by atoms with Gasteiger partial charge in [0.05, 0.1) is 16.5 Å². The Morgan fingerprint density at radius 3 is 2.71 bits per heavy atom. The molecule has 1 unspecified atom stereocenters. The molecular formula is C15H20N4S2. The first kappa shape index (κ1) is 14.7. The fraction of sp³-hybridized carbons (Fsp3) is 0.467. The Balaban J connectivity index is 1.72. The lowest BCUT2D eigenvalue weighted by molar-refractivity contribution is 0.225. The van der Waals surface area contributed by atoms with Crippen LogP contribution in [0.4, 0.5) is 5.00 Å². The van der Waals surface area contributed by atoms with Gasteiger partial charge in [0.15, 0.2) is 0 Å². The number of hydrogen-bond acceptors (Lipinski definition) is 5. The molecule has 4 nitrogen and oxygen atoms in total. The molecule has 0 radical (unpaired) electrons. The number of benzene rings is 1. The van der Waals surface area contributed by atoms with Crippen LogP contribution in [0.2, 0.25) is 0 Å². The van der Waals surface area contributed by atoms with Crippen LogP contribution in [0.1, 0.15) is 13.3 Å². The second-order valence-corrected chi connectivity index (χ2v) is 6.58. The van der Waals surface area contributed by atoms with E-state index in [0.29, 0.717) is 4.99 Å². The van der Waals surface area contributed by atoms with Gasteiger partial charge in [-0.1, -0.05) is 31.3 Å². The number of nitrogens with two attached hydrogens (primary N) is 1. The summed E-state index contributed by atoms with van der Waals surface area (Å²) in [6.45, 7) is 6.16. The van der Waals surface area contributed by atoms with E-state index in [-0.39, 0.29) is 6.04 Å². The van der Waals surface area contributed by atoms with Crippen molar-refractivity contribution in [2.24, 2.45) is 5.73 Å². The van der Waals surface area contributed by atoms with Gasteiger partial charge in [0, 0.05) is 31.6 Å². The summed E-state index contributed by atoms with van der Waals surface area (Å²) in [5.41, 5.74) is 6.94. The Morgan fingerprint density at radius 2 is 2.05 bits per heavy atom. The third-order valence-corrected chi connectivity index (χ3v) is 5.33. The SMILES string of the molecule is CCC(C(N)=S)N1CCN(c2snc3ccccc23)CC1. The molecule has 6 heteroatoms. The standard InChI is InChI=1S/C15H20N4S2/c1-2-13(14(16)20)18-7-9-19(10-8-18)15-11-5-3-4-6-12(11)17-21-15/h3-6,13H,2,7-10H2,1H3,(H2,16,20). The highest BCUT2D eigenvalue weighted by atomic mass is 32.1. The normalized spacial score (nSPS) is 18.0. The number of fused-ring (bicyclic) bond motifs is 1. The maximum absolute atomic E-state index is 5.85. The molecule has 112 valence electrons. The molecular weight excluding hydrogens is 300 g/mol. The molecule has 0 amide bonds. The maximum atomic E-state index is 5.85. The van der Waals surface area contributed by atoms with Crippen LogP contribution in [-0.4, -0.2) is 46.5 Å². The van der Waals surface area contributed by atoms with Crippen molar-refractivity contribution in [3.63, 3.8) is 0 Å². The van der Waals surface area contributed by atoms with Crippen molar-refractivity contribution in [3.05, 3.63) is 24.3 Å². The molecule has 3 rings (SSSR count). The van der Waals surface area contributed by atoms with Gasteiger partial charge in [-0.25, -0.2) is 0 Å². The average Bonchev–Trinajstić information content (AvgIpc) is 2.92. The Bertz CT molecular complexity index is 631. The smallest absolute Gasteiger partial charge is 0.120 e. The third kappa shape index (κ3) is 2.88. The molecule has 0 spiro atoms. The minimum absolute atomic E-state index is 0.236. The topological polar surface area (TPSA) is 45.4 Å². The van der Waals surface area contributed by atoms with Crippen LogP contribution in [0.15, 0.2) is 24.3 Å². The highest BCUT2D eigenvalue weighted by molar-refractivity contribution is 7.80. The summed E-state index contributed by atoms with van der Waals surface area (Å²) in [5.74, 6) is 0. The summed E-state index contributed by atoms with van der Waals surface area (Å²) in [6.07, 6.45) is 0.985. The van der Waals surface area contributed by atoms with E-state index in [1.54, 1.807) is 11.5 Å². The van der Waals surface area contributed by atoms with E-state index in [1.807, 2.05) is 6.07 Å². The summed E-state index contributed by atoms with van der Waals surface area (Å²) in [6, 6.07) is 8.59. The number of nitrogens with zero attached hydrogens (tertiary/aromatic N) is 3. The van der Waals surface area contributed by atoms with Crippen LogP contribution in [0.5, 0.6) is 0 Å². The average molecular weight is 320 g/mol. The van der Waals surface area contributed by atoms with Gasteiger partial charge in [-0.05, 0) is 30.1 Å². The zero-order valence-corrected chi connectivity index (χ0v) is 13.8. The lowest BCUT2D eigenvalue weighted by Gasteiger charge is -2.39. The molecule has 2 aromatic rings. The molecule has 2 N–H and O–H groups in total. The number of thiocarbonyl (C=S) groups is 1. The summed E-state index contributed by atoms with van der Waals surface area (Å²) in [5, 5.41) is 2.55. The van der Waals surface area contributed by atoms with E-state index >= 15 is 0 Å². The van der Waals surface area contributed by atoms with E-state index in [0.717, 1.165) is 38.1 Å². The first-order chi connectivity index (χ1) is 10.2. The Morgan fingerprint density at radius 1 is 1.33 bits per heavy atom. The molecule has 0 saturated carbocycles. The van der Waals surface area contributed by atoms with Gasteiger partial charge in [-0.3, -0.25) is 4.90 Å². The molecule has 1 saturated heterocycles. The van der Waals surface area contributed by atoms with Crippen LogP contribution in [0.25, 0.3) is 10.9 Å². The molecule has 1 atom stereocenters. The molecule has 2 heterocycles. The molecule has 1 aromatic carbocycles. The fourth-order valence-electron chi connectivity index (χ4n) is 2.98. The molecule has 1 aromatic heterocycles. The Hall–Kier alpha value is -1.24.